The van der Waals surface area contributed by atoms with Gasteiger partial charge in [0.15, 0.2) is 0 Å². The van der Waals surface area contributed by atoms with Gasteiger partial charge in [0.05, 0.1) is 15.8 Å². The van der Waals surface area contributed by atoms with Gasteiger partial charge in [-0.2, -0.15) is 0 Å². The van der Waals surface area contributed by atoms with E-state index in [4.69, 9.17) is 0 Å². The van der Waals surface area contributed by atoms with Crippen LogP contribution >= 0.6 is 0 Å². The molecule has 0 aliphatic heterocycles. The van der Waals surface area contributed by atoms with Gasteiger partial charge < -0.3 is 4.98 Å². The van der Waals surface area contributed by atoms with E-state index < -0.39 is 0 Å². The van der Waals surface area contributed by atoms with E-state index >= 15 is 0 Å². The second-order valence-electron chi connectivity index (χ2n) is 4.46. The van der Waals surface area contributed by atoms with Crippen molar-refractivity contribution in [1.29, 1.82) is 0 Å². The molecule has 0 radical (unpaired) electrons. The molecule has 0 aliphatic carbocycles. The molecule has 4 heteroatoms. The molecule has 0 saturated carbocycles. The Kier molecular flexibility index (Phi) is 6.58. The van der Waals surface area contributed by atoms with Gasteiger partial charge in [0.25, 0.3) is 0 Å². The largest absolute Gasteiger partial charge is 0.339 e. The van der Waals surface area contributed by atoms with Crippen LogP contribution in [0.3, 0.4) is 0 Å². The lowest BCUT2D eigenvalue weighted by atomic mass is 10.4. The van der Waals surface area contributed by atoms with E-state index in [-0.39, 0.29) is 9.68 Å². The molecule has 80 valence electrons. The molecule has 0 rings (SSSR count). The predicted octanol–water partition coefficient (Wildman–Crippen LogP) is -0.0626. The molecule has 13 heavy (non-hydrogen) atoms. The van der Waals surface area contributed by atoms with Crippen molar-refractivity contribution in [1.82, 2.24) is 14.8 Å². The molecule has 0 fully saturated rings. The van der Waals surface area contributed by atoms with Crippen molar-refractivity contribution in [2.24, 2.45) is 0 Å². The first kappa shape index (κ1) is 13.1. The van der Waals surface area contributed by atoms with Crippen molar-refractivity contribution in [2.45, 2.75) is 25.6 Å². The van der Waals surface area contributed by atoms with E-state index in [1.807, 2.05) is 0 Å². The van der Waals surface area contributed by atoms with Crippen LogP contribution in [0.4, 0.5) is 0 Å². The van der Waals surface area contributed by atoms with Crippen molar-refractivity contribution in [3.05, 3.63) is 0 Å². The topological polar surface area (TPSA) is 18.5 Å². The Morgan fingerprint density at radius 3 is 1.85 bits per heavy atom. The van der Waals surface area contributed by atoms with Gasteiger partial charge in [0.1, 0.15) is 0 Å². The molecule has 0 aromatic carbocycles. The van der Waals surface area contributed by atoms with Crippen molar-refractivity contribution >= 4 is 9.68 Å². The third-order valence-corrected chi connectivity index (χ3v) is 3.47. The maximum absolute atomic E-state index is 3.60. The lowest BCUT2D eigenvalue weighted by molar-refractivity contribution is 0.133. The van der Waals surface area contributed by atoms with Gasteiger partial charge in [-0.1, -0.05) is 13.8 Å². The third kappa shape index (κ3) is 6.21. The summed E-state index contributed by atoms with van der Waals surface area (Å²) in [5.74, 6) is 0. The fourth-order valence-electron chi connectivity index (χ4n) is 1.33. The second kappa shape index (κ2) is 6.54. The highest BCUT2D eigenvalue weighted by Crippen LogP contribution is 1.97. The SMILES string of the molecule is CC(C)[SiH2]NCC(N(C)C)N(C)C. The van der Waals surface area contributed by atoms with Gasteiger partial charge in [-0.15, -0.1) is 0 Å². The van der Waals surface area contributed by atoms with Crippen LogP contribution in [-0.4, -0.2) is 60.4 Å². The minimum Gasteiger partial charge on any atom is -0.339 e. The summed E-state index contributed by atoms with van der Waals surface area (Å²) in [4.78, 5) is 8.11. The Morgan fingerprint density at radius 1 is 1.08 bits per heavy atom. The van der Waals surface area contributed by atoms with Crippen molar-refractivity contribution < 1.29 is 0 Å². The molecule has 0 spiro atoms. The van der Waals surface area contributed by atoms with E-state index in [2.05, 4.69) is 56.8 Å². The summed E-state index contributed by atoms with van der Waals surface area (Å²) in [6.45, 7) is 5.67. The fourth-order valence-corrected chi connectivity index (χ4v) is 2.33. The molecule has 0 heterocycles. The second-order valence-corrected chi connectivity index (χ2v) is 7.00. The molecular weight excluding hydrogens is 178 g/mol. The van der Waals surface area contributed by atoms with E-state index in [1.165, 1.54) is 0 Å². The zero-order chi connectivity index (χ0) is 10.4. The Morgan fingerprint density at radius 2 is 1.54 bits per heavy atom. The van der Waals surface area contributed by atoms with Crippen molar-refractivity contribution in [2.75, 3.05) is 34.7 Å². The van der Waals surface area contributed by atoms with Crippen LogP contribution in [0.1, 0.15) is 13.8 Å². The first-order valence-corrected chi connectivity index (χ1v) is 6.51. The van der Waals surface area contributed by atoms with E-state index in [1.54, 1.807) is 0 Å². The van der Waals surface area contributed by atoms with Crippen LogP contribution in [0.5, 0.6) is 0 Å². The minimum atomic E-state index is -0.0640. The first-order valence-electron chi connectivity index (χ1n) is 4.98. The summed E-state index contributed by atoms with van der Waals surface area (Å²) < 4.78 is 0. The Bertz CT molecular complexity index is 118. The number of rotatable bonds is 6. The Balaban J connectivity index is 3.70. The average Bonchev–Trinajstić information content (AvgIpc) is 1.95. The van der Waals surface area contributed by atoms with Gasteiger partial charge in [-0.05, 0) is 33.7 Å². The third-order valence-electron chi connectivity index (χ3n) is 2.07. The lowest BCUT2D eigenvalue weighted by Crippen LogP contribution is -2.48. The van der Waals surface area contributed by atoms with Crippen LogP contribution in [-0.2, 0) is 0 Å². The van der Waals surface area contributed by atoms with E-state index in [0.29, 0.717) is 6.17 Å². The monoisotopic (exact) mass is 203 g/mol. The summed E-state index contributed by atoms with van der Waals surface area (Å²) in [6, 6.07) is 0. The molecule has 1 N–H and O–H groups in total. The summed E-state index contributed by atoms with van der Waals surface area (Å²) in [6.07, 6.45) is 0.520. The highest BCUT2D eigenvalue weighted by Gasteiger charge is 2.12. The maximum Gasteiger partial charge on any atom is 0.0943 e. The molecule has 0 unspecified atom stereocenters. The summed E-state index contributed by atoms with van der Waals surface area (Å²) in [7, 11) is 8.45. The fraction of sp³-hybridized carbons (Fsp3) is 1.00. The highest BCUT2D eigenvalue weighted by molar-refractivity contribution is 6.33. The molecule has 0 amide bonds. The van der Waals surface area contributed by atoms with Crippen LogP contribution in [0.15, 0.2) is 0 Å². The van der Waals surface area contributed by atoms with Crippen LogP contribution in [0.25, 0.3) is 0 Å². The average molecular weight is 203 g/mol. The first-order chi connectivity index (χ1) is 5.95. The smallest absolute Gasteiger partial charge is 0.0943 e. The molecule has 0 aromatic heterocycles. The highest BCUT2D eigenvalue weighted by atomic mass is 28.2. The summed E-state index contributed by atoms with van der Waals surface area (Å²) >= 11 is 0. The Labute approximate surface area is 85.4 Å². The maximum atomic E-state index is 3.60. The van der Waals surface area contributed by atoms with Crippen molar-refractivity contribution in [3.8, 4) is 0 Å². The molecule has 0 aliphatic rings. The number of hydrogen-bond acceptors (Lipinski definition) is 3. The molecule has 3 nitrogen and oxygen atoms in total. The van der Waals surface area contributed by atoms with Crippen LogP contribution < -0.4 is 4.98 Å². The standard InChI is InChI=1S/C9H25N3Si/c1-8(2)13-10-7-9(11(3)4)12(5)6/h8-10H,7,13H2,1-6H3. The molecule has 0 aromatic rings. The van der Waals surface area contributed by atoms with Gasteiger partial charge in [0.2, 0.25) is 0 Å². The Hall–Kier alpha value is 0.0969. The van der Waals surface area contributed by atoms with E-state index in [9.17, 15) is 0 Å². The normalized spacial score (nSPS) is 13.4. The molecule has 0 saturated heterocycles. The van der Waals surface area contributed by atoms with E-state index in [0.717, 1.165) is 12.1 Å². The summed E-state index contributed by atoms with van der Waals surface area (Å²) in [5.41, 5.74) is 0.866. The van der Waals surface area contributed by atoms with Gasteiger partial charge in [-0.25, -0.2) is 0 Å². The number of hydrogen-bond donors (Lipinski definition) is 1. The quantitative estimate of drug-likeness (QED) is 0.482. The zero-order valence-electron chi connectivity index (χ0n) is 9.96. The van der Waals surface area contributed by atoms with Gasteiger partial charge >= 0.3 is 0 Å². The number of likely N-dealkylation sites (N-methyl/N-ethyl adjacent to an activating group) is 2. The van der Waals surface area contributed by atoms with Crippen LogP contribution in [0, 0.1) is 0 Å². The van der Waals surface area contributed by atoms with Gasteiger partial charge in [0, 0.05) is 6.54 Å². The molecule has 0 atom stereocenters. The molecular formula is C9H25N3Si. The van der Waals surface area contributed by atoms with Crippen molar-refractivity contribution in [3.63, 3.8) is 0 Å². The van der Waals surface area contributed by atoms with Gasteiger partial charge in [-0.3, -0.25) is 9.80 Å². The van der Waals surface area contributed by atoms with Crippen LogP contribution in [0.2, 0.25) is 5.54 Å². The predicted molar refractivity (Wildman–Crippen MR) is 62.8 cm³/mol. The number of nitrogens with zero attached hydrogens (tertiary/aromatic N) is 2. The molecule has 0 bridgehead atoms. The number of nitrogens with one attached hydrogen (secondary N) is 1. The zero-order valence-corrected chi connectivity index (χ0v) is 11.4. The minimum absolute atomic E-state index is 0.0640. The summed E-state index contributed by atoms with van der Waals surface area (Å²) in [5, 5.41) is 0. The lowest BCUT2D eigenvalue weighted by Gasteiger charge is -2.31.